The Hall–Kier alpha value is -3.65. The third-order valence-corrected chi connectivity index (χ3v) is 6.13. The number of aromatic nitrogens is 5. The second kappa shape index (κ2) is 8.84. The van der Waals surface area contributed by atoms with E-state index in [2.05, 4.69) is 37.0 Å². The second-order valence-corrected chi connectivity index (χ2v) is 8.33. The predicted molar refractivity (Wildman–Crippen MR) is 122 cm³/mol. The fourth-order valence-corrected chi connectivity index (χ4v) is 4.27. The lowest BCUT2D eigenvalue weighted by Gasteiger charge is -2.09. The molecule has 32 heavy (non-hydrogen) atoms. The van der Waals surface area contributed by atoms with E-state index in [1.807, 2.05) is 62.4 Å². The number of benzene rings is 2. The van der Waals surface area contributed by atoms with E-state index >= 15 is 0 Å². The summed E-state index contributed by atoms with van der Waals surface area (Å²) >= 11 is 1.52. The summed E-state index contributed by atoms with van der Waals surface area (Å²) in [5.41, 5.74) is 4.17. The molecule has 0 saturated carbocycles. The van der Waals surface area contributed by atoms with Crippen LogP contribution in [0.25, 0.3) is 22.8 Å². The van der Waals surface area contributed by atoms with Gasteiger partial charge in [0.05, 0.1) is 24.1 Å². The predicted octanol–water partition coefficient (Wildman–Crippen LogP) is 5.55. The first-order valence-electron chi connectivity index (χ1n) is 10.2. The van der Waals surface area contributed by atoms with Gasteiger partial charge in [0.1, 0.15) is 5.76 Å². The lowest BCUT2D eigenvalue weighted by Crippen LogP contribution is -2.04. The molecule has 0 fully saturated rings. The number of rotatable bonds is 7. The van der Waals surface area contributed by atoms with E-state index in [0.29, 0.717) is 24.0 Å². The number of hydrogen-bond acceptors (Lipinski definition) is 7. The van der Waals surface area contributed by atoms with E-state index in [0.717, 1.165) is 39.0 Å². The van der Waals surface area contributed by atoms with Gasteiger partial charge in [0.15, 0.2) is 11.0 Å². The van der Waals surface area contributed by atoms with Gasteiger partial charge in [-0.2, -0.15) is 4.98 Å². The van der Waals surface area contributed by atoms with Crippen molar-refractivity contribution in [1.29, 1.82) is 0 Å². The van der Waals surface area contributed by atoms with Crippen LogP contribution < -0.4 is 0 Å². The van der Waals surface area contributed by atoms with Crippen LogP contribution in [0.15, 0.2) is 81.0 Å². The van der Waals surface area contributed by atoms with Gasteiger partial charge in [0.2, 0.25) is 11.7 Å². The molecule has 3 heterocycles. The van der Waals surface area contributed by atoms with E-state index in [9.17, 15) is 0 Å². The van der Waals surface area contributed by atoms with Crippen LogP contribution in [0.4, 0.5) is 0 Å². The highest BCUT2D eigenvalue weighted by Gasteiger charge is 2.19. The molecule has 0 aliphatic heterocycles. The number of aryl methyl sites for hydroxylation is 2. The minimum atomic E-state index is 0.496. The van der Waals surface area contributed by atoms with Gasteiger partial charge >= 0.3 is 0 Å². The first-order chi connectivity index (χ1) is 15.7. The largest absolute Gasteiger partial charge is 0.469 e. The third-order valence-electron chi connectivity index (χ3n) is 5.18. The molecule has 0 spiro atoms. The Morgan fingerprint density at radius 1 is 0.906 bits per heavy atom. The molecule has 2 aromatic carbocycles. The van der Waals surface area contributed by atoms with Crippen molar-refractivity contribution in [3.8, 4) is 22.8 Å². The second-order valence-electron chi connectivity index (χ2n) is 7.38. The molecule has 0 unspecified atom stereocenters. The Kier molecular flexibility index (Phi) is 5.60. The van der Waals surface area contributed by atoms with Crippen LogP contribution in [0.1, 0.15) is 22.8 Å². The molecule has 0 radical (unpaired) electrons. The maximum Gasteiger partial charge on any atom is 0.237 e. The average Bonchev–Trinajstić information content (AvgIpc) is 3.54. The van der Waals surface area contributed by atoms with Crippen molar-refractivity contribution in [2.45, 2.75) is 31.3 Å². The van der Waals surface area contributed by atoms with Gasteiger partial charge in [0.25, 0.3) is 0 Å². The molecule has 0 saturated heterocycles. The monoisotopic (exact) mass is 443 g/mol. The highest BCUT2D eigenvalue weighted by atomic mass is 32.2. The van der Waals surface area contributed by atoms with Crippen molar-refractivity contribution in [2.24, 2.45) is 0 Å². The van der Waals surface area contributed by atoms with Gasteiger partial charge in [-0.3, -0.25) is 4.57 Å². The highest BCUT2D eigenvalue weighted by Crippen LogP contribution is 2.30. The number of hydrogen-bond donors (Lipinski definition) is 0. The molecular formula is C24H21N5O2S. The molecule has 0 atom stereocenters. The number of furan rings is 1. The summed E-state index contributed by atoms with van der Waals surface area (Å²) in [5, 5.41) is 13.8. The summed E-state index contributed by atoms with van der Waals surface area (Å²) in [7, 11) is 0. The van der Waals surface area contributed by atoms with Crippen LogP contribution in [0.2, 0.25) is 0 Å². The van der Waals surface area contributed by atoms with Gasteiger partial charge in [0, 0.05) is 5.56 Å². The van der Waals surface area contributed by atoms with Gasteiger partial charge in [-0.25, -0.2) is 0 Å². The van der Waals surface area contributed by atoms with E-state index in [1.165, 1.54) is 11.8 Å². The Morgan fingerprint density at radius 2 is 1.72 bits per heavy atom. The molecule has 0 amide bonds. The summed E-state index contributed by atoms with van der Waals surface area (Å²) in [5.74, 6) is 3.22. The van der Waals surface area contributed by atoms with Gasteiger partial charge < -0.3 is 8.94 Å². The quantitative estimate of drug-likeness (QED) is 0.305. The third kappa shape index (κ3) is 4.09. The Labute approximate surface area is 189 Å². The van der Waals surface area contributed by atoms with Gasteiger partial charge in [-0.05, 0) is 31.0 Å². The van der Waals surface area contributed by atoms with Crippen molar-refractivity contribution in [3.63, 3.8) is 0 Å². The molecule has 5 aromatic rings. The summed E-state index contributed by atoms with van der Waals surface area (Å²) in [6, 6.07) is 20.2. The first-order valence-corrected chi connectivity index (χ1v) is 11.2. The Balaban J connectivity index is 1.41. The topological polar surface area (TPSA) is 82.8 Å². The zero-order chi connectivity index (χ0) is 21.9. The highest BCUT2D eigenvalue weighted by molar-refractivity contribution is 7.98. The summed E-state index contributed by atoms with van der Waals surface area (Å²) < 4.78 is 13.1. The van der Waals surface area contributed by atoms with Crippen LogP contribution in [0.5, 0.6) is 0 Å². The van der Waals surface area contributed by atoms with E-state index < -0.39 is 0 Å². The zero-order valence-corrected chi connectivity index (χ0v) is 18.5. The molecule has 160 valence electrons. The standard InChI is InChI=1S/C24H21N5O2S/c1-16-8-6-7-11-19(16)22-25-21(31-28-22)15-32-24-27-26-23(20-12-13-30-17(20)2)29(24)14-18-9-4-3-5-10-18/h3-13H,14-15H2,1-2H3. The lowest BCUT2D eigenvalue weighted by atomic mass is 10.1. The SMILES string of the molecule is Cc1ccccc1-c1noc(CSc2nnc(-c3ccoc3C)n2Cc2ccccc2)n1. The van der Waals surface area contributed by atoms with E-state index in [4.69, 9.17) is 8.94 Å². The van der Waals surface area contributed by atoms with E-state index in [1.54, 1.807) is 6.26 Å². The Morgan fingerprint density at radius 3 is 2.50 bits per heavy atom. The first kappa shape index (κ1) is 20.3. The van der Waals surface area contributed by atoms with Crippen LogP contribution in [-0.4, -0.2) is 24.9 Å². The maximum atomic E-state index is 5.50. The molecule has 0 N–H and O–H groups in total. The van der Waals surface area contributed by atoms with Crippen molar-refractivity contribution >= 4 is 11.8 Å². The van der Waals surface area contributed by atoms with Crippen LogP contribution in [-0.2, 0) is 12.3 Å². The zero-order valence-electron chi connectivity index (χ0n) is 17.7. The number of thioether (sulfide) groups is 1. The van der Waals surface area contributed by atoms with E-state index in [-0.39, 0.29) is 0 Å². The average molecular weight is 444 g/mol. The van der Waals surface area contributed by atoms with Crippen molar-refractivity contribution < 1.29 is 8.94 Å². The Bertz CT molecular complexity index is 1340. The molecular weight excluding hydrogens is 422 g/mol. The fraction of sp³-hybridized carbons (Fsp3) is 0.167. The fourth-order valence-electron chi connectivity index (χ4n) is 3.49. The molecule has 0 bridgehead atoms. The van der Waals surface area contributed by atoms with Gasteiger partial charge in [-0.1, -0.05) is 71.5 Å². The molecule has 3 aromatic heterocycles. The molecule has 0 aliphatic rings. The van der Waals surface area contributed by atoms with Crippen LogP contribution in [0, 0.1) is 13.8 Å². The maximum absolute atomic E-state index is 5.50. The molecule has 0 aliphatic carbocycles. The van der Waals surface area contributed by atoms with Crippen molar-refractivity contribution in [3.05, 3.63) is 89.7 Å². The summed E-state index contributed by atoms with van der Waals surface area (Å²) in [6.45, 7) is 4.61. The summed E-state index contributed by atoms with van der Waals surface area (Å²) in [6.07, 6.45) is 1.67. The van der Waals surface area contributed by atoms with Crippen LogP contribution >= 0.6 is 11.8 Å². The van der Waals surface area contributed by atoms with Crippen molar-refractivity contribution in [1.82, 2.24) is 24.9 Å². The molecule has 5 rings (SSSR count). The number of nitrogens with zero attached hydrogens (tertiary/aromatic N) is 5. The minimum absolute atomic E-state index is 0.496. The van der Waals surface area contributed by atoms with Crippen LogP contribution in [0.3, 0.4) is 0 Å². The normalized spacial score (nSPS) is 11.2. The van der Waals surface area contributed by atoms with Gasteiger partial charge in [-0.15, -0.1) is 10.2 Å². The molecule has 8 heteroatoms. The summed E-state index contributed by atoms with van der Waals surface area (Å²) in [4.78, 5) is 4.57. The molecule has 7 nitrogen and oxygen atoms in total. The minimum Gasteiger partial charge on any atom is -0.469 e. The van der Waals surface area contributed by atoms with Crippen molar-refractivity contribution in [2.75, 3.05) is 0 Å². The lowest BCUT2D eigenvalue weighted by molar-refractivity contribution is 0.391. The smallest absolute Gasteiger partial charge is 0.237 e.